The summed E-state index contributed by atoms with van der Waals surface area (Å²) in [5.41, 5.74) is 1.10. The van der Waals surface area contributed by atoms with E-state index in [0.717, 1.165) is 10.0 Å². The zero-order chi connectivity index (χ0) is 17.6. The minimum Gasteiger partial charge on any atom is -0.463 e. The summed E-state index contributed by atoms with van der Waals surface area (Å²) in [5.74, 6) is 0.639. The lowest BCUT2D eigenvalue weighted by Gasteiger charge is -2.12. The summed E-state index contributed by atoms with van der Waals surface area (Å²) < 4.78 is 6.20. The van der Waals surface area contributed by atoms with Gasteiger partial charge in [-0.25, -0.2) is 0 Å². The maximum atomic E-state index is 12.7. The Labute approximate surface area is 158 Å². The lowest BCUT2D eigenvalue weighted by molar-refractivity contribution is -0.125. The van der Waals surface area contributed by atoms with Crippen LogP contribution < -0.4 is 0 Å². The molecule has 3 rings (SSSR count). The Morgan fingerprint density at radius 2 is 2.12 bits per heavy atom. The first-order valence-electron chi connectivity index (χ1n) is 7.65. The number of furan rings is 1. The molecule has 1 atom stereocenters. The van der Waals surface area contributed by atoms with E-state index in [1.807, 2.05) is 24.3 Å². The summed E-state index contributed by atoms with van der Waals surface area (Å²) in [6.45, 7) is 4.13. The van der Waals surface area contributed by atoms with Crippen LogP contribution in [0.2, 0.25) is 0 Å². The molecule has 5 nitrogen and oxygen atoms in total. The molecule has 2 heterocycles. The van der Waals surface area contributed by atoms with Gasteiger partial charge < -0.3 is 4.42 Å². The molecule has 25 heavy (non-hydrogen) atoms. The molecule has 2 aromatic rings. The first kappa shape index (κ1) is 17.7. The SMILES string of the molecule is C=CCN1C(=O)[C@H](Cc2ccc(Br)cc2)S/C1=N\N=C/c1ccco1. The number of benzene rings is 1. The minimum absolute atomic E-state index is 0.0276. The third-order valence-corrected chi connectivity index (χ3v) is 5.23. The van der Waals surface area contributed by atoms with Crippen molar-refractivity contribution >= 4 is 45.0 Å². The number of hydrogen-bond donors (Lipinski definition) is 0. The van der Waals surface area contributed by atoms with Crippen molar-refractivity contribution in [3.05, 3.63) is 71.1 Å². The number of hydrogen-bond acceptors (Lipinski definition) is 5. The molecule has 0 bridgehead atoms. The van der Waals surface area contributed by atoms with Gasteiger partial charge in [-0.05, 0) is 36.2 Å². The normalized spacial score (nSPS) is 19.2. The molecular formula is C18H16BrN3O2S. The molecule has 0 unspecified atom stereocenters. The third-order valence-electron chi connectivity index (χ3n) is 3.54. The van der Waals surface area contributed by atoms with E-state index in [0.29, 0.717) is 23.9 Å². The van der Waals surface area contributed by atoms with E-state index < -0.39 is 0 Å². The van der Waals surface area contributed by atoms with Gasteiger partial charge in [0, 0.05) is 11.0 Å². The van der Waals surface area contributed by atoms with Crippen LogP contribution in [0.1, 0.15) is 11.3 Å². The molecule has 0 aliphatic carbocycles. The summed E-state index contributed by atoms with van der Waals surface area (Å²) in [5, 5.41) is 8.59. The Kier molecular flexibility index (Phi) is 5.88. The highest BCUT2D eigenvalue weighted by atomic mass is 79.9. The fourth-order valence-corrected chi connectivity index (χ4v) is 3.76. The summed E-state index contributed by atoms with van der Waals surface area (Å²) in [4.78, 5) is 14.3. The quantitative estimate of drug-likeness (QED) is 0.403. The van der Waals surface area contributed by atoms with E-state index in [9.17, 15) is 4.79 Å². The fourth-order valence-electron chi connectivity index (χ4n) is 2.35. The first-order valence-corrected chi connectivity index (χ1v) is 9.32. The second-order valence-corrected chi connectivity index (χ2v) is 7.40. The molecule has 0 N–H and O–H groups in total. The number of rotatable bonds is 6. The molecule has 1 fully saturated rings. The molecule has 1 aromatic heterocycles. The molecule has 128 valence electrons. The van der Waals surface area contributed by atoms with Crippen LogP contribution >= 0.6 is 27.7 Å². The van der Waals surface area contributed by atoms with Crippen LogP contribution in [0.5, 0.6) is 0 Å². The van der Waals surface area contributed by atoms with Crippen molar-refractivity contribution in [2.24, 2.45) is 10.2 Å². The van der Waals surface area contributed by atoms with Gasteiger partial charge in [0.15, 0.2) is 5.17 Å². The first-order chi connectivity index (χ1) is 12.2. The number of thioether (sulfide) groups is 1. The predicted molar refractivity (Wildman–Crippen MR) is 105 cm³/mol. The van der Waals surface area contributed by atoms with Crippen molar-refractivity contribution in [3.63, 3.8) is 0 Å². The fraction of sp³-hybridized carbons (Fsp3) is 0.167. The maximum absolute atomic E-state index is 12.7. The van der Waals surface area contributed by atoms with Crippen LogP contribution in [0.25, 0.3) is 0 Å². The molecular weight excluding hydrogens is 402 g/mol. The van der Waals surface area contributed by atoms with Gasteiger partial charge >= 0.3 is 0 Å². The summed E-state index contributed by atoms with van der Waals surface area (Å²) in [7, 11) is 0. The number of halogens is 1. The average molecular weight is 418 g/mol. The molecule has 1 aliphatic heterocycles. The van der Waals surface area contributed by atoms with Crippen molar-refractivity contribution < 1.29 is 9.21 Å². The van der Waals surface area contributed by atoms with E-state index in [1.54, 1.807) is 29.4 Å². The molecule has 0 radical (unpaired) electrons. The van der Waals surface area contributed by atoms with Gasteiger partial charge in [0.1, 0.15) is 5.76 Å². The van der Waals surface area contributed by atoms with Gasteiger partial charge in [0.05, 0.1) is 17.7 Å². The van der Waals surface area contributed by atoms with Gasteiger partial charge in [-0.1, -0.05) is 45.9 Å². The number of amidine groups is 1. The average Bonchev–Trinajstić information content (AvgIpc) is 3.21. The van der Waals surface area contributed by atoms with Crippen LogP contribution in [0.3, 0.4) is 0 Å². The monoisotopic (exact) mass is 417 g/mol. The highest BCUT2D eigenvalue weighted by Crippen LogP contribution is 2.30. The van der Waals surface area contributed by atoms with Crippen molar-refractivity contribution in [3.8, 4) is 0 Å². The molecule has 1 aromatic carbocycles. The van der Waals surface area contributed by atoms with Crippen LogP contribution in [0.15, 0.2) is 74.4 Å². The zero-order valence-corrected chi connectivity index (χ0v) is 15.7. The van der Waals surface area contributed by atoms with E-state index in [1.165, 1.54) is 18.0 Å². The predicted octanol–water partition coefficient (Wildman–Crippen LogP) is 4.10. The number of carbonyl (C=O) groups is 1. The molecule has 1 aliphatic rings. The minimum atomic E-state index is -0.210. The van der Waals surface area contributed by atoms with E-state index in [-0.39, 0.29) is 11.2 Å². The largest absolute Gasteiger partial charge is 0.463 e. The Morgan fingerprint density at radius 3 is 2.80 bits per heavy atom. The second-order valence-electron chi connectivity index (χ2n) is 5.32. The van der Waals surface area contributed by atoms with Crippen LogP contribution in [-0.2, 0) is 11.2 Å². The molecule has 0 spiro atoms. The molecule has 1 saturated heterocycles. The molecule has 0 saturated carbocycles. The lowest BCUT2D eigenvalue weighted by Crippen LogP contribution is -2.32. The van der Waals surface area contributed by atoms with Gasteiger partial charge in [-0.2, -0.15) is 5.10 Å². The highest BCUT2D eigenvalue weighted by Gasteiger charge is 2.37. The topological polar surface area (TPSA) is 58.2 Å². The number of nitrogens with zero attached hydrogens (tertiary/aromatic N) is 3. The standard InChI is InChI=1S/C18H16BrN3O2S/c1-2-9-22-17(23)16(11-13-5-7-14(19)8-6-13)25-18(22)21-20-12-15-4-3-10-24-15/h2-8,10,12,16H,1,9,11H2/b20-12-,21-18-/t16-/m0/s1. The summed E-state index contributed by atoms with van der Waals surface area (Å²) >= 11 is 4.85. The van der Waals surface area contributed by atoms with Gasteiger partial charge in [0.25, 0.3) is 0 Å². The Bertz CT molecular complexity index is 800. The van der Waals surface area contributed by atoms with Crippen LogP contribution in [0, 0.1) is 0 Å². The molecule has 7 heteroatoms. The smallest absolute Gasteiger partial charge is 0.242 e. The lowest BCUT2D eigenvalue weighted by atomic mass is 10.1. The van der Waals surface area contributed by atoms with Crippen molar-refractivity contribution in [1.29, 1.82) is 0 Å². The Balaban J connectivity index is 1.74. The third kappa shape index (κ3) is 4.49. The Hall–Kier alpha value is -2.12. The number of amides is 1. The van der Waals surface area contributed by atoms with Gasteiger partial charge in [-0.3, -0.25) is 9.69 Å². The summed E-state index contributed by atoms with van der Waals surface area (Å²) in [6, 6.07) is 11.5. The Morgan fingerprint density at radius 1 is 1.32 bits per heavy atom. The number of carbonyl (C=O) groups excluding carboxylic acids is 1. The maximum Gasteiger partial charge on any atom is 0.242 e. The summed E-state index contributed by atoms with van der Waals surface area (Å²) in [6.07, 6.45) is 5.42. The highest BCUT2D eigenvalue weighted by molar-refractivity contribution is 9.10. The van der Waals surface area contributed by atoms with E-state index in [4.69, 9.17) is 4.42 Å². The van der Waals surface area contributed by atoms with Crippen molar-refractivity contribution in [1.82, 2.24) is 4.90 Å². The molecule has 1 amide bonds. The van der Waals surface area contributed by atoms with Gasteiger partial charge in [0.2, 0.25) is 5.91 Å². The van der Waals surface area contributed by atoms with E-state index >= 15 is 0 Å². The van der Waals surface area contributed by atoms with Crippen molar-refractivity contribution in [2.75, 3.05) is 6.54 Å². The van der Waals surface area contributed by atoms with Crippen molar-refractivity contribution in [2.45, 2.75) is 11.7 Å². The van der Waals surface area contributed by atoms with Crippen LogP contribution in [0.4, 0.5) is 0 Å². The van der Waals surface area contributed by atoms with Gasteiger partial charge in [-0.15, -0.1) is 11.7 Å². The van der Waals surface area contributed by atoms with E-state index in [2.05, 4.69) is 32.7 Å². The van der Waals surface area contributed by atoms with Crippen LogP contribution in [-0.4, -0.2) is 34.0 Å². The second kappa shape index (κ2) is 8.31. The zero-order valence-electron chi connectivity index (χ0n) is 13.3.